The third kappa shape index (κ3) is 4.40. The first-order valence-corrected chi connectivity index (χ1v) is 9.82. The van der Waals surface area contributed by atoms with Crippen LogP contribution in [0.3, 0.4) is 0 Å². The topological polar surface area (TPSA) is 74.8 Å². The Labute approximate surface area is 172 Å². The number of amides is 2. The van der Waals surface area contributed by atoms with E-state index in [1.165, 1.54) is 11.0 Å². The fourth-order valence-corrected chi connectivity index (χ4v) is 3.65. The van der Waals surface area contributed by atoms with Crippen LogP contribution in [0.1, 0.15) is 12.0 Å². The van der Waals surface area contributed by atoms with Crippen molar-refractivity contribution in [2.75, 3.05) is 42.6 Å². The minimum absolute atomic E-state index is 0.0143. The molecule has 7 nitrogen and oxygen atoms in total. The summed E-state index contributed by atoms with van der Waals surface area (Å²) >= 11 is 0. The van der Waals surface area contributed by atoms with E-state index in [-0.39, 0.29) is 37.0 Å². The lowest BCUT2D eigenvalue weighted by Crippen LogP contribution is -2.36. The molecule has 3 heterocycles. The molecule has 4 rings (SSSR count). The van der Waals surface area contributed by atoms with Crippen LogP contribution in [-0.4, -0.2) is 49.6 Å². The van der Waals surface area contributed by atoms with Crippen molar-refractivity contribution in [3.8, 4) is 0 Å². The molecule has 0 saturated carbocycles. The zero-order valence-electron chi connectivity index (χ0n) is 16.3. The third-order valence-electron chi connectivity index (χ3n) is 5.31. The Morgan fingerprint density at radius 1 is 1.20 bits per heavy atom. The number of nitrogens with zero attached hydrogens (tertiary/aromatic N) is 3. The van der Waals surface area contributed by atoms with Crippen molar-refractivity contribution in [2.45, 2.75) is 13.0 Å². The molecule has 1 unspecified atom stereocenters. The number of morpholine rings is 1. The second-order valence-electron chi connectivity index (χ2n) is 7.34. The van der Waals surface area contributed by atoms with Crippen molar-refractivity contribution in [3.05, 3.63) is 53.7 Å². The Bertz CT molecular complexity index is 932. The number of anilines is 2. The van der Waals surface area contributed by atoms with Crippen LogP contribution in [-0.2, 0) is 20.9 Å². The maximum Gasteiger partial charge on any atom is 0.227 e. The van der Waals surface area contributed by atoms with Crippen LogP contribution < -0.4 is 15.1 Å². The highest BCUT2D eigenvalue weighted by Gasteiger charge is 2.36. The Balaban J connectivity index is 1.32. The predicted octanol–water partition coefficient (Wildman–Crippen LogP) is 1.87. The van der Waals surface area contributed by atoms with Gasteiger partial charge in [-0.15, -0.1) is 0 Å². The first-order valence-electron chi connectivity index (χ1n) is 9.82. The van der Waals surface area contributed by atoms with Crippen LogP contribution in [0.25, 0.3) is 0 Å². The molecule has 1 aromatic carbocycles. The summed E-state index contributed by atoms with van der Waals surface area (Å²) in [6.45, 7) is 3.29. The van der Waals surface area contributed by atoms with Crippen molar-refractivity contribution in [1.29, 1.82) is 0 Å². The van der Waals surface area contributed by atoms with Crippen LogP contribution in [0, 0.1) is 17.6 Å². The molecule has 1 aromatic heterocycles. The molecule has 2 amide bonds. The van der Waals surface area contributed by atoms with Gasteiger partial charge in [-0.3, -0.25) is 9.59 Å². The summed E-state index contributed by atoms with van der Waals surface area (Å²) in [5.74, 6) is -1.92. The minimum atomic E-state index is -0.823. The number of rotatable bonds is 5. The number of pyridine rings is 1. The fraction of sp³-hybridized carbons (Fsp3) is 0.381. The number of carbonyl (C=O) groups is 2. The number of aromatic nitrogens is 1. The van der Waals surface area contributed by atoms with Crippen molar-refractivity contribution < 1.29 is 23.1 Å². The number of nitrogens with one attached hydrogen (secondary N) is 1. The van der Waals surface area contributed by atoms with E-state index in [0.717, 1.165) is 36.6 Å². The van der Waals surface area contributed by atoms with Gasteiger partial charge in [-0.25, -0.2) is 13.8 Å². The molecule has 0 radical (unpaired) electrons. The molecule has 30 heavy (non-hydrogen) atoms. The van der Waals surface area contributed by atoms with Crippen LogP contribution >= 0.6 is 0 Å². The minimum Gasteiger partial charge on any atom is -0.378 e. The molecule has 158 valence electrons. The highest BCUT2D eigenvalue weighted by molar-refractivity contribution is 6.00. The largest absolute Gasteiger partial charge is 0.378 e. The van der Waals surface area contributed by atoms with Gasteiger partial charge in [0, 0.05) is 44.9 Å². The second-order valence-corrected chi connectivity index (χ2v) is 7.34. The quantitative estimate of drug-likeness (QED) is 0.806. The number of hydrogen-bond donors (Lipinski definition) is 1. The number of hydrogen-bond acceptors (Lipinski definition) is 5. The van der Waals surface area contributed by atoms with Gasteiger partial charge in [-0.2, -0.15) is 0 Å². The van der Waals surface area contributed by atoms with Gasteiger partial charge in [0.15, 0.2) is 0 Å². The van der Waals surface area contributed by atoms with Crippen LogP contribution in [0.15, 0.2) is 36.5 Å². The second kappa shape index (κ2) is 8.74. The average molecular weight is 416 g/mol. The van der Waals surface area contributed by atoms with Crippen molar-refractivity contribution in [2.24, 2.45) is 5.92 Å². The summed E-state index contributed by atoms with van der Waals surface area (Å²) in [7, 11) is 0. The molecule has 2 saturated heterocycles. The van der Waals surface area contributed by atoms with E-state index in [0.29, 0.717) is 13.2 Å². The van der Waals surface area contributed by atoms with E-state index in [9.17, 15) is 18.4 Å². The molecule has 0 aliphatic carbocycles. The van der Waals surface area contributed by atoms with Crippen molar-refractivity contribution >= 4 is 23.3 Å². The molecule has 2 aromatic rings. The third-order valence-corrected chi connectivity index (χ3v) is 5.31. The maximum absolute atomic E-state index is 14.0. The number of carbonyl (C=O) groups excluding carboxylic acids is 2. The Hall–Kier alpha value is -3.07. The molecule has 1 N–H and O–H groups in total. The van der Waals surface area contributed by atoms with Gasteiger partial charge in [0.25, 0.3) is 0 Å². The Kier molecular flexibility index (Phi) is 5.89. The lowest BCUT2D eigenvalue weighted by molar-refractivity contribution is -0.126. The van der Waals surface area contributed by atoms with Gasteiger partial charge in [0.05, 0.1) is 24.8 Å². The van der Waals surface area contributed by atoms with E-state index in [1.54, 1.807) is 6.20 Å². The van der Waals surface area contributed by atoms with E-state index < -0.39 is 17.6 Å². The molecule has 0 bridgehead atoms. The monoisotopic (exact) mass is 416 g/mol. The van der Waals surface area contributed by atoms with Gasteiger partial charge >= 0.3 is 0 Å². The van der Waals surface area contributed by atoms with Crippen molar-refractivity contribution in [1.82, 2.24) is 10.3 Å². The SMILES string of the molecule is O=C(NCc1ccc(N2CCOCC2)nc1)C1CC(=O)N(c2ccc(F)cc2F)C1. The molecule has 2 fully saturated rings. The summed E-state index contributed by atoms with van der Waals surface area (Å²) in [4.78, 5) is 32.5. The first-order chi connectivity index (χ1) is 14.5. The molecule has 9 heteroatoms. The number of halogens is 2. The lowest BCUT2D eigenvalue weighted by Gasteiger charge is -2.27. The average Bonchev–Trinajstić information content (AvgIpc) is 3.14. The molecule has 0 spiro atoms. The van der Waals surface area contributed by atoms with Gasteiger partial charge in [0.2, 0.25) is 11.8 Å². The molecule has 1 atom stereocenters. The normalized spacial score (nSPS) is 19.3. The van der Waals surface area contributed by atoms with Gasteiger partial charge in [-0.05, 0) is 23.8 Å². The summed E-state index contributed by atoms with van der Waals surface area (Å²) in [6.07, 6.45) is 1.70. The molecule has 2 aliphatic rings. The van der Waals surface area contributed by atoms with Crippen LogP contribution in [0.5, 0.6) is 0 Å². The first kappa shape index (κ1) is 20.2. The highest BCUT2D eigenvalue weighted by atomic mass is 19.1. The summed E-state index contributed by atoms with van der Waals surface area (Å²) in [6, 6.07) is 6.84. The Morgan fingerprint density at radius 3 is 2.70 bits per heavy atom. The van der Waals surface area contributed by atoms with Crippen LogP contribution in [0.2, 0.25) is 0 Å². The molecular formula is C21H22F2N4O3. The smallest absolute Gasteiger partial charge is 0.227 e. The van der Waals surface area contributed by atoms with Gasteiger partial charge < -0.3 is 19.9 Å². The van der Waals surface area contributed by atoms with E-state index in [4.69, 9.17) is 4.74 Å². The summed E-state index contributed by atoms with van der Waals surface area (Å²) < 4.78 is 32.4. The highest BCUT2D eigenvalue weighted by Crippen LogP contribution is 2.28. The zero-order chi connectivity index (χ0) is 21.1. The predicted molar refractivity (Wildman–Crippen MR) is 106 cm³/mol. The summed E-state index contributed by atoms with van der Waals surface area (Å²) in [5.41, 5.74) is 0.825. The molecule has 2 aliphatic heterocycles. The lowest BCUT2D eigenvalue weighted by atomic mass is 10.1. The zero-order valence-corrected chi connectivity index (χ0v) is 16.3. The summed E-state index contributed by atoms with van der Waals surface area (Å²) in [5, 5.41) is 2.81. The number of benzene rings is 1. The van der Waals surface area contributed by atoms with E-state index in [1.807, 2.05) is 12.1 Å². The fourth-order valence-electron chi connectivity index (χ4n) is 3.65. The van der Waals surface area contributed by atoms with Crippen molar-refractivity contribution in [3.63, 3.8) is 0 Å². The standard InChI is InChI=1S/C21H22F2N4O3/c22-16-2-3-18(17(23)10-16)27-13-15(9-20(27)28)21(29)25-12-14-1-4-19(24-11-14)26-5-7-30-8-6-26/h1-4,10-11,15H,5-9,12-13H2,(H,25,29). The number of ether oxygens (including phenoxy) is 1. The maximum atomic E-state index is 14.0. The van der Waals surface area contributed by atoms with Crippen LogP contribution in [0.4, 0.5) is 20.3 Å². The van der Waals surface area contributed by atoms with Gasteiger partial charge in [0.1, 0.15) is 17.5 Å². The Morgan fingerprint density at radius 2 is 2.00 bits per heavy atom. The van der Waals surface area contributed by atoms with E-state index in [2.05, 4.69) is 15.2 Å². The molecular weight excluding hydrogens is 394 g/mol. The van der Waals surface area contributed by atoms with Gasteiger partial charge in [-0.1, -0.05) is 6.07 Å². The van der Waals surface area contributed by atoms with E-state index >= 15 is 0 Å².